The SMILES string of the molecule is CS(=O)(=O)Oc1ccc(-c2oncc2C(=O)C2CC2)cc1. The second-order valence-electron chi connectivity index (χ2n) is 5.02. The Hall–Kier alpha value is -2.15. The number of benzene rings is 1. The highest BCUT2D eigenvalue weighted by Crippen LogP contribution is 2.36. The average molecular weight is 307 g/mol. The van der Waals surface area contributed by atoms with Crippen LogP contribution in [0.5, 0.6) is 5.75 Å². The Morgan fingerprint density at radius 3 is 2.52 bits per heavy atom. The zero-order valence-corrected chi connectivity index (χ0v) is 12.1. The van der Waals surface area contributed by atoms with Crippen LogP contribution in [-0.2, 0) is 10.1 Å². The molecule has 21 heavy (non-hydrogen) atoms. The molecule has 0 unspecified atom stereocenters. The van der Waals surface area contributed by atoms with E-state index in [2.05, 4.69) is 5.16 Å². The zero-order chi connectivity index (χ0) is 15.0. The standard InChI is InChI=1S/C14H13NO5S/c1-21(17,18)20-11-6-4-10(5-7-11)14-12(8-15-19-14)13(16)9-2-3-9/h4-9H,2-3H2,1H3. The molecular formula is C14H13NO5S. The first-order valence-electron chi connectivity index (χ1n) is 6.43. The molecular weight excluding hydrogens is 294 g/mol. The van der Waals surface area contributed by atoms with Crippen LogP contribution in [0.2, 0.25) is 0 Å². The molecule has 1 aliphatic carbocycles. The molecule has 0 bridgehead atoms. The van der Waals surface area contributed by atoms with Gasteiger partial charge in [-0.15, -0.1) is 0 Å². The molecule has 0 aliphatic heterocycles. The lowest BCUT2D eigenvalue weighted by molar-refractivity contribution is 0.0968. The fourth-order valence-electron chi connectivity index (χ4n) is 2.03. The molecule has 0 atom stereocenters. The van der Waals surface area contributed by atoms with Crippen molar-refractivity contribution in [1.82, 2.24) is 5.16 Å². The maximum Gasteiger partial charge on any atom is 0.306 e. The number of aromatic nitrogens is 1. The van der Waals surface area contributed by atoms with Crippen LogP contribution in [0.4, 0.5) is 0 Å². The largest absolute Gasteiger partial charge is 0.383 e. The van der Waals surface area contributed by atoms with Crippen LogP contribution in [0, 0.1) is 5.92 Å². The summed E-state index contributed by atoms with van der Waals surface area (Å²) in [5.74, 6) is 0.729. The zero-order valence-electron chi connectivity index (χ0n) is 11.3. The molecule has 110 valence electrons. The van der Waals surface area contributed by atoms with E-state index in [1.54, 1.807) is 12.1 Å². The average Bonchev–Trinajstić information content (AvgIpc) is 3.15. The summed E-state index contributed by atoms with van der Waals surface area (Å²) in [5, 5.41) is 3.69. The highest BCUT2D eigenvalue weighted by atomic mass is 32.2. The molecule has 2 aromatic rings. The van der Waals surface area contributed by atoms with E-state index in [1.165, 1.54) is 18.3 Å². The van der Waals surface area contributed by atoms with Crippen molar-refractivity contribution in [3.63, 3.8) is 0 Å². The highest BCUT2D eigenvalue weighted by Gasteiger charge is 2.33. The number of Topliss-reactive ketones (excluding diaryl/α,β-unsaturated/α-hetero) is 1. The van der Waals surface area contributed by atoms with Gasteiger partial charge < -0.3 is 8.71 Å². The van der Waals surface area contributed by atoms with Crippen molar-refractivity contribution in [1.29, 1.82) is 0 Å². The van der Waals surface area contributed by atoms with Crippen molar-refractivity contribution in [2.24, 2.45) is 5.92 Å². The van der Waals surface area contributed by atoms with Crippen molar-refractivity contribution < 1.29 is 21.9 Å². The molecule has 1 saturated carbocycles. The number of nitrogens with zero attached hydrogens (tertiary/aromatic N) is 1. The third-order valence-electron chi connectivity index (χ3n) is 3.15. The molecule has 1 fully saturated rings. The molecule has 0 N–H and O–H groups in total. The van der Waals surface area contributed by atoms with Gasteiger partial charge in [0.25, 0.3) is 0 Å². The van der Waals surface area contributed by atoms with Crippen LogP contribution in [0.25, 0.3) is 11.3 Å². The van der Waals surface area contributed by atoms with Gasteiger partial charge >= 0.3 is 10.1 Å². The third-order valence-corrected chi connectivity index (χ3v) is 3.64. The minimum atomic E-state index is -3.56. The topological polar surface area (TPSA) is 86.5 Å². The summed E-state index contributed by atoms with van der Waals surface area (Å²) in [6.07, 6.45) is 4.22. The molecule has 1 heterocycles. The van der Waals surface area contributed by atoms with Crippen LogP contribution in [0.3, 0.4) is 0 Å². The Bertz CT molecular complexity index is 772. The second-order valence-corrected chi connectivity index (χ2v) is 6.59. The lowest BCUT2D eigenvalue weighted by Crippen LogP contribution is -2.05. The van der Waals surface area contributed by atoms with Crippen LogP contribution >= 0.6 is 0 Å². The van der Waals surface area contributed by atoms with Gasteiger partial charge in [0.15, 0.2) is 11.5 Å². The van der Waals surface area contributed by atoms with Gasteiger partial charge in [-0.25, -0.2) is 0 Å². The Kier molecular flexibility index (Phi) is 3.29. The Morgan fingerprint density at radius 1 is 1.29 bits per heavy atom. The van der Waals surface area contributed by atoms with Crippen molar-refractivity contribution in [3.8, 4) is 17.1 Å². The summed E-state index contributed by atoms with van der Waals surface area (Å²) >= 11 is 0. The fraction of sp³-hybridized carbons (Fsp3) is 0.286. The first kappa shape index (κ1) is 13.8. The molecule has 0 amide bonds. The number of hydrogen-bond donors (Lipinski definition) is 0. The molecule has 0 saturated heterocycles. The summed E-state index contributed by atoms with van der Waals surface area (Å²) in [6, 6.07) is 6.27. The number of rotatable bonds is 5. The number of carbonyl (C=O) groups is 1. The Balaban J connectivity index is 1.88. The van der Waals surface area contributed by atoms with E-state index in [4.69, 9.17) is 8.71 Å². The van der Waals surface area contributed by atoms with Crippen LogP contribution in [0.15, 0.2) is 35.0 Å². The minimum Gasteiger partial charge on any atom is -0.383 e. The van der Waals surface area contributed by atoms with Crippen molar-refractivity contribution in [2.75, 3.05) is 6.26 Å². The van der Waals surface area contributed by atoms with E-state index in [-0.39, 0.29) is 17.5 Å². The lowest BCUT2D eigenvalue weighted by Gasteiger charge is -2.04. The van der Waals surface area contributed by atoms with Gasteiger partial charge in [-0.3, -0.25) is 4.79 Å². The van der Waals surface area contributed by atoms with E-state index in [1.807, 2.05) is 0 Å². The number of carbonyl (C=O) groups excluding carboxylic acids is 1. The summed E-state index contributed by atoms with van der Waals surface area (Å²) in [4.78, 5) is 12.1. The fourth-order valence-corrected chi connectivity index (χ4v) is 2.49. The number of hydrogen-bond acceptors (Lipinski definition) is 6. The predicted octanol–water partition coefficient (Wildman–Crippen LogP) is 2.27. The predicted molar refractivity (Wildman–Crippen MR) is 74.5 cm³/mol. The number of ketones is 1. The molecule has 1 aromatic heterocycles. The van der Waals surface area contributed by atoms with Gasteiger partial charge in [0.1, 0.15) is 5.75 Å². The van der Waals surface area contributed by atoms with E-state index in [0.717, 1.165) is 19.1 Å². The molecule has 7 heteroatoms. The first-order valence-corrected chi connectivity index (χ1v) is 8.24. The van der Waals surface area contributed by atoms with E-state index in [0.29, 0.717) is 16.9 Å². The van der Waals surface area contributed by atoms with E-state index < -0.39 is 10.1 Å². The van der Waals surface area contributed by atoms with Crippen molar-refractivity contribution in [2.45, 2.75) is 12.8 Å². The molecule has 0 radical (unpaired) electrons. The highest BCUT2D eigenvalue weighted by molar-refractivity contribution is 7.86. The van der Waals surface area contributed by atoms with Crippen molar-refractivity contribution in [3.05, 3.63) is 36.0 Å². The van der Waals surface area contributed by atoms with Gasteiger partial charge in [-0.1, -0.05) is 5.16 Å². The van der Waals surface area contributed by atoms with Crippen LogP contribution < -0.4 is 4.18 Å². The monoisotopic (exact) mass is 307 g/mol. The summed E-state index contributed by atoms with van der Waals surface area (Å²) in [5.41, 5.74) is 1.12. The van der Waals surface area contributed by atoms with Crippen LogP contribution in [-0.4, -0.2) is 25.6 Å². The van der Waals surface area contributed by atoms with E-state index >= 15 is 0 Å². The van der Waals surface area contributed by atoms with Crippen LogP contribution in [0.1, 0.15) is 23.2 Å². The third kappa shape index (κ3) is 3.13. The smallest absolute Gasteiger partial charge is 0.306 e. The Morgan fingerprint density at radius 2 is 1.95 bits per heavy atom. The lowest BCUT2D eigenvalue weighted by atomic mass is 10.0. The van der Waals surface area contributed by atoms with Gasteiger partial charge in [-0.05, 0) is 37.1 Å². The molecule has 0 spiro atoms. The maximum absolute atomic E-state index is 12.1. The second kappa shape index (κ2) is 5.00. The maximum atomic E-state index is 12.1. The summed E-state index contributed by atoms with van der Waals surface area (Å²) in [6.45, 7) is 0. The normalized spacial score (nSPS) is 14.9. The van der Waals surface area contributed by atoms with E-state index in [9.17, 15) is 13.2 Å². The van der Waals surface area contributed by atoms with Gasteiger partial charge in [0, 0.05) is 11.5 Å². The first-order chi connectivity index (χ1) is 9.94. The van der Waals surface area contributed by atoms with Gasteiger partial charge in [0.2, 0.25) is 0 Å². The molecule has 1 aromatic carbocycles. The van der Waals surface area contributed by atoms with Gasteiger partial charge in [-0.2, -0.15) is 8.42 Å². The molecule has 3 rings (SSSR count). The van der Waals surface area contributed by atoms with Crippen molar-refractivity contribution >= 4 is 15.9 Å². The van der Waals surface area contributed by atoms with Gasteiger partial charge in [0.05, 0.1) is 18.0 Å². The minimum absolute atomic E-state index is 0.0442. The summed E-state index contributed by atoms with van der Waals surface area (Å²) in [7, 11) is -3.56. The molecule has 1 aliphatic rings. The summed E-state index contributed by atoms with van der Waals surface area (Å²) < 4.78 is 32.0. The quantitative estimate of drug-likeness (QED) is 0.622. The molecule has 6 nitrogen and oxygen atoms in total. The Labute approximate surface area is 121 Å².